The van der Waals surface area contributed by atoms with Crippen molar-refractivity contribution >= 4 is 0 Å². The summed E-state index contributed by atoms with van der Waals surface area (Å²) in [6.45, 7) is -1.03. The van der Waals surface area contributed by atoms with Crippen LogP contribution >= 0.6 is 0 Å². The lowest BCUT2D eigenvalue weighted by Crippen LogP contribution is -2.14. The minimum Gasteiger partial charge on any atom is -0.434 e. The Balaban J connectivity index is 2.97. The van der Waals surface area contributed by atoms with Crippen LogP contribution < -0.4 is 4.74 Å². The molecule has 0 unspecified atom stereocenters. The van der Waals surface area contributed by atoms with Crippen molar-refractivity contribution in [1.82, 2.24) is 5.06 Å². The molecule has 1 aromatic rings. The number of ether oxygens (including phenoxy) is 1. The van der Waals surface area contributed by atoms with Crippen molar-refractivity contribution in [2.75, 3.05) is 7.05 Å². The molecule has 5 heteroatoms. The maximum Gasteiger partial charge on any atom is 0.387 e. The van der Waals surface area contributed by atoms with E-state index >= 15 is 0 Å². The fourth-order valence-corrected chi connectivity index (χ4v) is 1.34. The van der Waals surface area contributed by atoms with Gasteiger partial charge in [-0.15, -0.1) is 0 Å². The van der Waals surface area contributed by atoms with Crippen LogP contribution in [0.15, 0.2) is 18.2 Å². The zero-order chi connectivity index (χ0) is 11.4. The van der Waals surface area contributed by atoms with E-state index in [1.54, 1.807) is 25.1 Å². The topological polar surface area (TPSA) is 32.7 Å². The van der Waals surface area contributed by atoms with Crippen LogP contribution in [0.3, 0.4) is 0 Å². The number of halogens is 2. The molecule has 0 aliphatic carbocycles. The summed E-state index contributed by atoms with van der Waals surface area (Å²) < 4.78 is 28.6. The molecule has 0 fully saturated rings. The lowest BCUT2D eigenvalue weighted by molar-refractivity contribution is -0.0775. The second kappa shape index (κ2) is 5.04. The van der Waals surface area contributed by atoms with Gasteiger partial charge in [0.05, 0.1) is 6.54 Å². The minimum absolute atomic E-state index is 0.133. The van der Waals surface area contributed by atoms with Gasteiger partial charge in [0, 0.05) is 12.6 Å². The Morgan fingerprint density at radius 2 is 2.13 bits per heavy atom. The predicted octanol–water partition coefficient (Wildman–Crippen LogP) is 2.42. The van der Waals surface area contributed by atoms with Gasteiger partial charge >= 0.3 is 6.61 Å². The molecule has 3 nitrogen and oxygen atoms in total. The number of alkyl halides is 2. The Bertz CT molecular complexity index is 329. The molecule has 0 aliphatic heterocycles. The first-order chi connectivity index (χ1) is 7.00. The normalized spacial score (nSPS) is 11.1. The van der Waals surface area contributed by atoms with Gasteiger partial charge in [-0.3, -0.25) is 0 Å². The van der Waals surface area contributed by atoms with E-state index < -0.39 is 6.61 Å². The smallest absolute Gasteiger partial charge is 0.387 e. The highest BCUT2D eigenvalue weighted by Gasteiger charge is 2.12. The van der Waals surface area contributed by atoms with E-state index in [4.69, 9.17) is 5.21 Å². The van der Waals surface area contributed by atoms with E-state index in [0.29, 0.717) is 11.1 Å². The lowest BCUT2D eigenvalue weighted by atomic mass is 10.1. The number of para-hydroxylation sites is 1. The van der Waals surface area contributed by atoms with Crippen molar-refractivity contribution in [3.63, 3.8) is 0 Å². The Labute approximate surface area is 86.8 Å². The molecule has 0 aliphatic rings. The van der Waals surface area contributed by atoms with E-state index in [1.807, 2.05) is 0 Å². The summed E-state index contributed by atoms with van der Waals surface area (Å²) in [5.41, 5.74) is 1.15. The average Bonchev–Trinajstić information content (AvgIpc) is 2.09. The zero-order valence-electron chi connectivity index (χ0n) is 8.58. The highest BCUT2D eigenvalue weighted by atomic mass is 19.3. The first-order valence-electron chi connectivity index (χ1n) is 4.44. The monoisotopic (exact) mass is 217 g/mol. The van der Waals surface area contributed by atoms with E-state index in [1.165, 1.54) is 7.05 Å². The molecule has 0 radical (unpaired) electrons. The molecular formula is C10H13F2NO2. The van der Waals surface area contributed by atoms with Crippen LogP contribution in [0.5, 0.6) is 5.75 Å². The average molecular weight is 217 g/mol. The maximum absolute atomic E-state index is 12.1. The number of aryl methyl sites for hydroxylation is 1. The SMILES string of the molecule is Cc1cccc(CN(C)O)c1OC(F)F. The van der Waals surface area contributed by atoms with E-state index in [-0.39, 0.29) is 12.3 Å². The van der Waals surface area contributed by atoms with E-state index in [9.17, 15) is 8.78 Å². The van der Waals surface area contributed by atoms with Gasteiger partial charge in [0.15, 0.2) is 0 Å². The molecule has 0 spiro atoms. The fraction of sp³-hybridized carbons (Fsp3) is 0.400. The van der Waals surface area contributed by atoms with Gasteiger partial charge in [-0.05, 0) is 12.5 Å². The highest BCUT2D eigenvalue weighted by molar-refractivity contribution is 5.40. The molecule has 0 bridgehead atoms. The third-order valence-electron chi connectivity index (χ3n) is 1.90. The molecule has 0 saturated carbocycles. The summed E-state index contributed by atoms with van der Waals surface area (Å²) in [6, 6.07) is 5.04. The molecular weight excluding hydrogens is 204 g/mol. The van der Waals surface area contributed by atoms with Gasteiger partial charge in [-0.25, -0.2) is 0 Å². The third-order valence-corrected chi connectivity index (χ3v) is 1.90. The van der Waals surface area contributed by atoms with Crippen LogP contribution in [0.1, 0.15) is 11.1 Å². The fourth-order valence-electron chi connectivity index (χ4n) is 1.34. The van der Waals surface area contributed by atoms with Crippen molar-refractivity contribution in [3.05, 3.63) is 29.3 Å². The summed E-state index contributed by atoms with van der Waals surface area (Å²) in [4.78, 5) is 0. The Kier molecular flexibility index (Phi) is 3.99. The Morgan fingerprint density at radius 1 is 1.47 bits per heavy atom. The lowest BCUT2D eigenvalue weighted by Gasteiger charge is -2.15. The molecule has 1 rings (SSSR count). The molecule has 84 valence electrons. The molecule has 0 atom stereocenters. The van der Waals surface area contributed by atoms with Crippen molar-refractivity contribution in [2.45, 2.75) is 20.1 Å². The number of benzene rings is 1. The van der Waals surface area contributed by atoms with Crippen molar-refractivity contribution in [3.8, 4) is 5.75 Å². The summed E-state index contributed by atoms with van der Waals surface area (Å²) in [7, 11) is 1.44. The van der Waals surface area contributed by atoms with Crippen molar-refractivity contribution in [1.29, 1.82) is 0 Å². The number of hydrogen-bond donors (Lipinski definition) is 1. The standard InChI is InChI=1S/C10H13F2NO2/c1-7-4-3-5-8(6-13(2)14)9(7)15-10(11)12/h3-5,10,14H,6H2,1-2H3. The molecule has 0 saturated heterocycles. The first kappa shape index (κ1) is 11.9. The van der Waals surface area contributed by atoms with Gasteiger partial charge in [0.25, 0.3) is 0 Å². The Morgan fingerprint density at radius 3 is 2.67 bits per heavy atom. The van der Waals surface area contributed by atoms with Gasteiger partial charge in [-0.1, -0.05) is 18.2 Å². The molecule has 0 heterocycles. The van der Waals surface area contributed by atoms with Crippen LogP contribution in [0, 0.1) is 6.92 Å². The first-order valence-corrected chi connectivity index (χ1v) is 4.44. The zero-order valence-corrected chi connectivity index (χ0v) is 8.58. The molecule has 0 amide bonds. The van der Waals surface area contributed by atoms with Crippen LogP contribution in [-0.2, 0) is 6.54 Å². The van der Waals surface area contributed by atoms with E-state index in [2.05, 4.69) is 4.74 Å². The van der Waals surface area contributed by atoms with E-state index in [0.717, 1.165) is 5.06 Å². The van der Waals surface area contributed by atoms with Crippen molar-refractivity contribution in [2.24, 2.45) is 0 Å². The third kappa shape index (κ3) is 3.45. The summed E-state index contributed by atoms with van der Waals surface area (Å²) in [5, 5.41) is 9.96. The molecule has 0 aromatic heterocycles. The summed E-state index contributed by atoms with van der Waals surface area (Å²) in [6.07, 6.45) is 0. The number of rotatable bonds is 4. The second-order valence-corrected chi connectivity index (χ2v) is 3.26. The molecule has 1 aromatic carbocycles. The van der Waals surface area contributed by atoms with Gasteiger partial charge in [0.2, 0.25) is 0 Å². The van der Waals surface area contributed by atoms with Crippen LogP contribution in [-0.4, -0.2) is 23.9 Å². The van der Waals surface area contributed by atoms with Gasteiger partial charge in [-0.2, -0.15) is 13.8 Å². The number of nitrogens with zero attached hydrogens (tertiary/aromatic N) is 1. The second-order valence-electron chi connectivity index (χ2n) is 3.26. The molecule has 1 N–H and O–H groups in total. The minimum atomic E-state index is -2.85. The predicted molar refractivity (Wildman–Crippen MR) is 51.1 cm³/mol. The van der Waals surface area contributed by atoms with Gasteiger partial charge < -0.3 is 9.94 Å². The quantitative estimate of drug-likeness (QED) is 0.786. The van der Waals surface area contributed by atoms with Crippen LogP contribution in [0.2, 0.25) is 0 Å². The maximum atomic E-state index is 12.1. The summed E-state index contributed by atoms with van der Waals surface area (Å²) >= 11 is 0. The van der Waals surface area contributed by atoms with Crippen molar-refractivity contribution < 1.29 is 18.7 Å². The van der Waals surface area contributed by atoms with Crippen LogP contribution in [0.4, 0.5) is 8.78 Å². The highest BCUT2D eigenvalue weighted by Crippen LogP contribution is 2.25. The van der Waals surface area contributed by atoms with Crippen LogP contribution in [0.25, 0.3) is 0 Å². The summed E-state index contributed by atoms with van der Waals surface area (Å²) in [5.74, 6) is 0.133. The Hall–Kier alpha value is -1.20. The number of hydroxylamine groups is 2. The number of hydrogen-bond acceptors (Lipinski definition) is 3. The largest absolute Gasteiger partial charge is 0.434 e. The van der Waals surface area contributed by atoms with Gasteiger partial charge in [0.1, 0.15) is 5.75 Å². The molecule has 15 heavy (non-hydrogen) atoms.